The van der Waals surface area contributed by atoms with Crippen molar-refractivity contribution in [3.63, 3.8) is 0 Å². The van der Waals surface area contributed by atoms with Gasteiger partial charge in [-0.05, 0) is 124 Å². The normalized spacial score (nSPS) is 14.8. The lowest BCUT2D eigenvalue weighted by molar-refractivity contribution is -0.143. The van der Waals surface area contributed by atoms with Crippen molar-refractivity contribution in [1.29, 1.82) is 0 Å². The van der Waals surface area contributed by atoms with E-state index in [1.165, 1.54) is 69.9 Å². The molecule has 3 aliphatic heterocycles. The summed E-state index contributed by atoms with van der Waals surface area (Å²) in [5.74, 6) is 1.54. The third-order valence-corrected chi connectivity index (χ3v) is 18.4. The number of aromatic nitrogens is 3. The second kappa shape index (κ2) is 33.5. The fourth-order valence-electron chi connectivity index (χ4n) is 12.7. The minimum atomic E-state index is -1.03. The van der Waals surface area contributed by atoms with E-state index in [1.54, 1.807) is 68.4 Å². The highest BCUT2D eigenvalue weighted by atomic mass is 19.1. The van der Waals surface area contributed by atoms with Gasteiger partial charge in [0.25, 0.3) is 18.0 Å². The molecule has 28 heteroatoms. The lowest BCUT2D eigenvalue weighted by Gasteiger charge is -2.35. The van der Waals surface area contributed by atoms with Gasteiger partial charge in [-0.1, -0.05) is 54.6 Å². The molecule has 0 aliphatic carbocycles. The van der Waals surface area contributed by atoms with Crippen LogP contribution in [0.2, 0.25) is 0 Å². The molecule has 0 bridgehead atoms. The Bertz CT molecular complexity index is 5170. The highest BCUT2D eigenvalue weighted by Gasteiger charge is 2.41. The summed E-state index contributed by atoms with van der Waals surface area (Å²) in [6.07, 6.45) is 0.620. The van der Waals surface area contributed by atoms with Crippen molar-refractivity contribution in [2.24, 2.45) is 0 Å². The zero-order chi connectivity index (χ0) is 76.3. The number of aliphatic carboxylic acids is 1. The molecule has 0 fully saturated rings. The van der Waals surface area contributed by atoms with Crippen LogP contribution in [0.3, 0.4) is 0 Å². The highest BCUT2D eigenvalue weighted by molar-refractivity contribution is 5.85. The van der Waals surface area contributed by atoms with Crippen molar-refractivity contribution < 1.29 is 103 Å². The van der Waals surface area contributed by atoms with Crippen LogP contribution in [0, 0.1) is 17.5 Å². The van der Waals surface area contributed by atoms with Gasteiger partial charge in [-0.2, -0.15) is 15.0 Å². The number of ether oxygens (including phenoxy) is 10. The maximum absolute atomic E-state index is 13.7. The zero-order valence-electron chi connectivity index (χ0n) is 59.9. The Morgan fingerprint density at radius 1 is 0.426 bits per heavy atom. The number of esters is 2. The first kappa shape index (κ1) is 74.9. The number of fused-ring (bicyclic) bond motifs is 6. The number of hydrogen-bond acceptors (Lipinski definition) is 24. The number of carbonyl (C=O) groups excluding carboxylic acids is 2. The number of halogens is 3. The van der Waals surface area contributed by atoms with Gasteiger partial charge in [0.1, 0.15) is 82.6 Å². The molecule has 15 rings (SSSR count). The molecule has 6 heterocycles. The van der Waals surface area contributed by atoms with E-state index in [-0.39, 0.29) is 80.5 Å². The summed E-state index contributed by atoms with van der Waals surface area (Å²) in [7, 11) is 12.1. The number of oxazole rings is 3. The van der Waals surface area contributed by atoms with Crippen LogP contribution in [0.25, 0.3) is 33.3 Å². The number of aromatic hydroxyl groups is 1. The van der Waals surface area contributed by atoms with Gasteiger partial charge in [-0.15, -0.1) is 0 Å². The Kier molecular flexibility index (Phi) is 23.2. The maximum Gasteiger partial charge on any atom is 0.329 e. The Hall–Kier alpha value is -12.9. The number of carboxylic acids is 1. The number of rotatable bonds is 19. The molecular formula is C80H75F3N6O19. The van der Waals surface area contributed by atoms with Crippen LogP contribution in [0.4, 0.5) is 31.2 Å². The SMILES string of the molecule is COC(=O)[C@@H]1Cc2c(ccc(OC)c2O)CN1c1nc2ccc(F)cc2o1.COC(=O)[C@@H]1Cc2c(ccc(OC)c2OCc2ccc(OC)cc2)CN1c1nc2ccc(F)cc2o1.COc1ccc(CO)cc1.COc1ccc(COc2c(OC)ccc3c2C[C@@H](C(=O)O)N(c2nc4ccc(F)cc4o2)C3)cc1. The van der Waals surface area contributed by atoms with Gasteiger partial charge in [-0.3, -0.25) is 0 Å². The van der Waals surface area contributed by atoms with E-state index in [0.29, 0.717) is 69.6 Å². The molecular weight excluding hydrogens is 1410 g/mol. The lowest BCUT2D eigenvalue weighted by Crippen LogP contribution is -2.46. The van der Waals surface area contributed by atoms with Gasteiger partial charge in [0.15, 0.2) is 51.2 Å². The monoisotopic (exact) mass is 1480 g/mol. The van der Waals surface area contributed by atoms with Crippen LogP contribution in [-0.4, -0.2) is 123 Å². The van der Waals surface area contributed by atoms with Crippen molar-refractivity contribution in [2.75, 3.05) is 71.6 Å². The highest BCUT2D eigenvalue weighted by Crippen LogP contribution is 2.44. The molecule has 3 aliphatic rings. The molecule has 0 saturated carbocycles. The number of hydrogen-bond donors (Lipinski definition) is 3. The summed E-state index contributed by atoms with van der Waals surface area (Å²) in [4.78, 5) is 55.7. The van der Waals surface area contributed by atoms with Gasteiger partial charge in [0.2, 0.25) is 0 Å². The molecule has 0 amide bonds. The minimum absolute atomic E-state index is 0.00295. The first-order valence-electron chi connectivity index (χ1n) is 33.7. The Morgan fingerprint density at radius 2 is 0.759 bits per heavy atom. The molecule has 3 aromatic heterocycles. The number of phenolic OH excluding ortho intramolecular Hbond substituents is 1. The number of nitrogens with zero attached hydrogens (tertiary/aromatic N) is 6. The number of methoxy groups -OCH3 is 8. The van der Waals surface area contributed by atoms with Crippen LogP contribution < -0.4 is 52.6 Å². The summed E-state index contributed by atoms with van der Waals surface area (Å²) >= 11 is 0. The molecule has 0 unspecified atom stereocenters. The number of anilines is 3. The molecule has 3 atom stereocenters. The van der Waals surface area contributed by atoms with Crippen molar-refractivity contribution in [1.82, 2.24) is 15.0 Å². The van der Waals surface area contributed by atoms with Crippen LogP contribution in [0.5, 0.6) is 51.7 Å². The van der Waals surface area contributed by atoms with E-state index < -0.39 is 53.5 Å². The molecule has 108 heavy (non-hydrogen) atoms. The van der Waals surface area contributed by atoms with Gasteiger partial charge in [-0.25, -0.2) is 27.6 Å². The third-order valence-electron chi connectivity index (χ3n) is 18.4. The van der Waals surface area contributed by atoms with Crippen molar-refractivity contribution in [3.8, 4) is 51.7 Å². The predicted octanol–water partition coefficient (Wildman–Crippen LogP) is 13.2. The van der Waals surface area contributed by atoms with E-state index in [1.807, 2.05) is 97.1 Å². The van der Waals surface area contributed by atoms with Crippen LogP contribution in [-0.2, 0) is 82.6 Å². The summed E-state index contributed by atoms with van der Waals surface area (Å²) in [5, 5.41) is 29.1. The Morgan fingerprint density at radius 3 is 1.10 bits per heavy atom. The zero-order valence-corrected chi connectivity index (χ0v) is 59.9. The van der Waals surface area contributed by atoms with Gasteiger partial charge in [0, 0.05) is 73.8 Å². The summed E-state index contributed by atoms with van der Waals surface area (Å²) in [6.45, 7) is 1.47. The van der Waals surface area contributed by atoms with Gasteiger partial charge < -0.3 is 90.6 Å². The second-order valence-corrected chi connectivity index (χ2v) is 24.8. The summed E-state index contributed by atoms with van der Waals surface area (Å²) in [5.41, 5.74) is 9.88. The van der Waals surface area contributed by atoms with E-state index in [9.17, 15) is 37.8 Å². The standard InChI is InChI=1S/C27H25FN2O6.C26H23FN2O6.C19H17FN2O5.C8H10O2/c1-32-19-8-4-16(5-9-19)15-35-25-20-13-22(26(31)34-3)30(14-17(20)6-11-23(25)33-2)27-29-21-10-7-18(28)12-24(21)36-27;1-32-18-7-3-15(4-8-18)14-34-24-19-12-21(25(30)31)29(13-16(19)5-10-22(24)33-2)26-28-20-9-6-17(27)11-23(20)35-26;1-25-15-6-3-10-9-22(14(18(24)26-2)8-12(10)17(15)23)19-21-13-5-4-11(20)7-16(13)27-19;1-10-8-4-2-7(6-9)3-5-8/h4-12,22H,13-15H2,1-3H3;3-11,21H,12-14H2,1-2H3,(H,30,31);3-7,14,23H,8-9H2,1-2H3;2-5,9H,6H2,1H3/t22-;21-;14-;/m000./s1. The van der Waals surface area contributed by atoms with E-state index in [4.69, 9.17) is 65.7 Å². The van der Waals surface area contributed by atoms with E-state index >= 15 is 0 Å². The molecule has 0 radical (unpaired) electrons. The fourth-order valence-corrected chi connectivity index (χ4v) is 12.7. The number of phenols is 1. The van der Waals surface area contributed by atoms with Crippen molar-refractivity contribution >= 4 is 69.3 Å². The number of carbonyl (C=O) groups is 3. The topological polar surface area (TPSA) is 292 Å². The van der Waals surface area contributed by atoms with Gasteiger partial charge in [0.05, 0.1) is 63.5 Å². The van der Waals surface area contributed by atoms with Gasteiger partial charge >= 0.3 is 17.9 Å². The first-order chi connectivity index (χ1) is 52.3. The minimum Gasteiger partial charge on any atom is -0.504 e. The first-order valence-corrected chi connectivity index (χ1v) is 33.7. The quantitative estimate of drug-likeness (QED) is 0.0634. The second-order valence-electron chi connectivity index (χ2n) is 24.8. The third kappa shape index (κ3) is 16.5. The number of benzene rings is 9. The molecule has 12 aromatic rings. The van der Waals surface area contributed by atoms with Crippen molar-refractivity contribution in [3.05, 3.63) is 231 Å². The smallest absolute Gasteiger partial charge is 0.329 e. The van der Waals surface area contributed by atoms with Crippen LogP contribution in [0.1, 0.15) is 50.1 Å². The Balaban J connectivity index is 0.000000143. The molecule has 0 saturated heterocycles. The average Bonchev–Trinajstić information content (AvgIpc) is 1.38. The number of aliphatic hydroxyl groups is 1. The molecule has 9 aromatic carbocycles. The fraction of sp³-hybridized carbons (Fsp3) is 0.250. The lowest BCUT2D eigenvalue weighted by atomic mass is 9.92. The molecule has 25 nitrogen and oxygen atoms in total. The molecule has 3 N–H and O–H groups in total. The largest absolute Gasteiger partial charge is 0.504 e. The Labute approximate surface area is 616 Å². The van der Waals surface area contributed by atoms with E-state index in [2.05, 4.69) is 15.0 Å². The van der Waals surface area contributed by atoms with E-state index in [0.717, 1.165) is 61.8 Å². The van der Waals surface area contributed by atoms with Crippen molar-refractivity contribution in [2.45, 2.75) is 76.8 Å². The molecule has 560 valence electrons. The van der Waals surface area contributed by atoms with Crippen LogP contribution >= 0.6 is 0 Å². The summed E-state index contributed by atoms with van der Waals surface area (Å²) in [6, 6.07) is 43.6. The average molecular weight is 1480 g/mol. The van der Waals surface area contributed by atoms with Crippen LogP contribution in [0.15, 0.2) is 177 Å². The molecule has 0 spiro atoms. The number of aliphatic hydroxyl groups excluding tert-OH is 1. The number of carboxylic acid groups (broad SMARTS) is 1. The maximum atomic E-state index is 13.7. The summed E-state index contributed by atoms with van der Waals surface area (Å²) < 4.78 is 112. The predicted molar refractivity (Wildman–Crippen MR) is 389 cm³/mol.